The van der Waals surface area contributed by atoms with Gasteiger partial charge in [0, 0.05) is 12.8 Å². The summed E-state index contributed by atoms with van der Waals surface area (Å²) < 4.78 is 23.0. The zero-order valence-electron chi connectivity index (χ0n) is 54.7. The summed E-state index contributed by atoms with van der Waals surface area (Å²) in [5.74, 6) is -1.97. The number of carboxylic acid groups (broad SMARTS) is 1. The summed E-state index contributed by atoms with van der Waals surface area (Å²) in [4.78, 5) is 37.6. The predicted octanol–water partition coefficient (Wildman–Crippen LogP) is 21.8. The number of carbonyl (C=O) groups is 3. The third-order valence-electron chi connectivity index (χ3n) is 16.2. The second-order valence-electron chi connectivity index (χ2n) is 25.6. The van der Waals surface area contributed by atoms with Crippen LogP contribution in [0.3, 0.4) is 0 Å². The van der Waals surface area contributed by atoms with Crippen molar-refractivity contribution in [2.75, 3.05) is 47.5 Å². The topological polar surface area (TPSA) is 108 Å². The van der Waals surface area contributed by atoms with Gasteiger partial charge in [-0.1, -0.05) is 327 Å². The largest absolute Gasteiger partial charge is 0.477 e. The first-order valence-electron chi connectivity index (χ1n) is 35.5. The van der Waals surface area contributed by atoms with E-state index in [0.717, 1.165) is 44.9 Å². The first-order chi connectivity index (χ1) is 39.6. The number of nitrogens with zero attached hydrogens (tertiary/aromatic N) is 1. The van der Waals surface area contributed by atoms with Crippen LogP contribution in [0.15, 0.2) is 24.3 Å². The number of hydrogen-bond acceptors (Lipinski definition) is 7. The van der Waals surface area contributed by atoms with Gasteiger partial charge >= 0.3 is 17.9 Å². The Balaban J connectivity index is 4.06. The molecule has 0 fully saturated rings. The van der Waals surface area contributed by atoms with Crippen LogP contribution < -0.4 is 0 Å². The first-order valence-corrected chi connectivity index (χ1v) is 35.5. The Morgan fingerprint density at radius 2 is 0.667 bits per heavy atom. The molecule has 0 aromatic heterocycles. The minimum Gasteiger partial charge on any atom is -0.477 e. The molecule has 9 nitrogen and oxygen atoms in total. The molecule has 0 aliphatic heterocycles. The van der Waals surface area contributed by atoms with E-state index in [1.54, 1.807) is 0 Å². The lowest BCUT2D eigenvalue weighted by Crippen LogP contribution is -2.40. The average molecular weight is 1150 g/mol. The Kier molecular flexibility index (Phi) is 62.0. The number of unbranched alkanes of at least 4 members (excludes halogenated alkanes) is 48. The Morgan fingerprint density at radius 3 is 0.975 bits per heavy atom. The molecule has 1 N–H and O–H groups in total. The normalized spacial score (nSPS) is 12.8. The van der Waals surface area contributed by atoms with Crippen LogP contribution in [0.2, 0.25) is 0 Å². The van der Waals surface area contributed by atoms with Gasteiger partial charge in [-0.15, -0.1) is 0 Å². The SMILES string of the molecule is CCCCCCC/C=C\C/C=C\CCCCCCCCCCCCCCCCCC(=O)OC(COC(=O)CCCCCCCCCCCCCCCCCCCCCCCCCCCCCCC)COC(OCC[N+](C)(C)C)C(=O)O. The summed E-state index contributed by atoms with van der Waals surface area (Å²) in [6.45, 7) is 4.94. The van der Waals surface area contributed by atoms with E-state index in [0.29, 0.717) is 17.4 Å². The van der Waals surface area contributed by atoms with Crippen molar-refractivity contribution in [2.24, 2.45) is 0 Å². The van der Waals surface area contributed by atoms with E-state index < -0.39 is 18.4 Å². The summed E-state index contributed by atoms with van der Waals surface area (Å²) in [5, 5.41) is 9.75. The molecule has 9 heteroatoms. The molecule has 0 aromatic carbocycles. The third-order valence-corrected chi connectivity index (χ3v) is 16.2. The Hall–Kier alpha value is -2.23. The number of quaternary nitrogens is 1. The maximum atomic E-state index is 12.9. The van der Waals surface area contributed by atoms with Crippen molar-refractivity contribution in [1.29, 1.82) is 0 Å². The van der Waals surface area contributed by atoms with Gasteiger partial charge < -0.3 is 28.5 Å². The second-order valence-corrected chi connectivity index (χ2v) is 25.6. The average Bonchev–Trinajstić information content (AvgIpc) is 3.44. The summed E-state index contributed by atoms with van der Waals surface area (Å²) in [6.07, 6.45) is 75.8. The number of carbonyl (C=O) groups excluding carboxylic acids is 2. The van der Waals surface area contributed by atoms with Gasteiger partial charge in [0.15, 0.2) is 6.10 Å². The number of carboxylic acids is 1. The van der Waals surface area contributed by atoms with Crippen LogP contribution in [-0.2, 0) is 33.3 Å². The van der Waals surface area contributed by atoms with Crippen LogP contribution >= 0.6 is 0 Å². The monoisotopic (exact) mass is 1150 g/mol. The highest BCUT2D eigenvalue weighted by Gasteiger charge is 2.25. The zero-order valence-corrected chi connectivity index (χ0v) is 54.7. The van der Waals surface area contributed by atoms with E-state index in [9.17, 15) is 19.5 Å². The third kappa shape index (κ3) is 65.2. The quantitative estimate of drug-likeness (QED) is 0.0211. The van der Waals surface area contributed by atoms with Gasteiger partial charge in [0.2, 0.25) is 0 Å². The Bertz CT molecular complexity index is 1380. The molecule has 0 aliphatic rings. The first kappa shape index (κ1) is 78.8. The van der Waals surface area contributed by atoms with Crippen molar-refractivity contribution in [3.8, 4) is 0 Å². The van der Waals surface area contributed by atoms with Crippen LogP contribution in [0.25, 0.3) is 0 Å². The lowest BCUT2D eigenvalue weighted by atomic mass is 10.0. The van der Waals surface area contributed by atoms with Crippen molar-refractivity contribution in [1.82, 2.24) is 0 Å². The van der Waals surface area contributed by atoms with Crippen LogP contribution in [0.5, 0.6) is 0 Å². The number of hydrogen-bond donors (Lipinski definition) is 1. The van der Waals surface area contributed by atoms with E-state index in [1.165, 1.54) is 289 Å². The number of esters is 2. The lowest BCUT2D eigenvalue weighted by Gasteiger charge is -2.25. The van der Waals surface area contributed by atoms with Crippen molar-refractivity contribution in [3.05, 3.63) is 24.3 Å². The highest BCUT2D eigenvalue weighted by molar-refractivity contribution is 5.71. The smallest absolute Gasteiger partial charge is 0.361 e. The maximum absolute atomic E-state index is 12.9. The highest BCUT2D eigenvalue weighted by Crippen LogP contribution is 2.19. The highest BCUT2D eigenvalue weighted by atomic mass is 16.7. The molecule has 0 aliphatic carbocycles. The molecule has 81 heavy (non-hydrogen) atoms. The molecular weight excluding hydrogens is 1010 g/mol. The number of aliphatic carboxylic acids is 1. The minimum absolute atomic E-state index is 0.175. The number of ether oxygens (including phenoxy) is 4. The van der Waals surface area contributed by atoms with Gasteiger partial charge in [-0.3, -0.25) is 9.59 Å². The molecule has 0 heterocycles. The van der Waals surface area contributed by atoms with Gasteiger partial charge in [0.1, 0.15) is 13.2 Å². The van der Waals surface area contributed by atoms with E-state index >= 15 is 0 Å². The van der Waals surface area contributed by atoms with E-state index in [4.69, 9.17) is 18.9 Å². The molecular formula is C72H138NO8+. The van der Waals surface area contributed by atoms with Crippen LogP contribution in [0.4, 0.5) is 0 Å². The fourth-order valence-corrected chi connectivity index (χ4v) is 10.8. The van der Waals surface area contributed by atoms with Gasteiger partial charge in [0.25, 0.3) is 6.29 Å². The minimum atomic E-state index is -1.51. The van der Waals surface area contributed by atoms with Gasteiger partial charge in [0.05, 0.1) is 34.4 Å². The number of likely N-dealkylation sites (N-methyl/N-ethyl adjacent to an activating group) is 1. The molecule has 0 saturated heterocycles. The predicted molar refractivity (Wildman–Crippen MR) is 346 cm³/mol. The molecule has 0 saturated carbocycles. The second kappa shape index (κ2) is 63.8. The number of allylic oxidation sites excluding steroid dienone is 4. The van der Waals surface area contributed by atoms with Crippen molar-refractivity contribution < 1.29 is 42.9 Å². The Morgan fingerprint density at radius 1 is 0.370 bits per heavy atom. The van der Waals surface area contributed by atoms with Gasteiger partial charge in [-0.2, -0.15) is 0 Å². The molecule has 0 rings (SSSR count). The summed E-state index contributed by atoms with van der Waals surface area (Å²) >= 11 is 0. The van der Waals surface area contributed by atoms with E-state index in [1.807, 2.05) is 21.1 Å². The Labute approximate surface area is 503 Å². The molecule has 2 atom stereocenters. The zero-order chi connectivity index (χ0) is 59.1. The van der Waals surface area contributed by atoms with Crippen molar-refractivity contribution in [2.45, 2.75) is 373 Å². The lowest BCUT2D eigenvalue weighted by molar-refractivity contribution is -0.870. The number of rotatable bonds is 67. The maximum Gasteiger partial charge on any atom is 0.361 e. The molecule has 0 radical (unpaired) electrons. The van der Waals surface area contributed by atoms with Crippen LogP contribution in [0, 0.1) is 0 Å². The van der Waals surface area contributed by atoms with Gasteiger partial charge in [-0.25, -0.2) is 4.79 Å². The fourth-order valence-electron chi connectivity index (χ4n) is 10.8. The molecule has 0 amide bonds. The van der Waals surface area contributed by atoms with Crippen LogP contribution in [0.1, 0.15) is 361 Å². The van der Waals surface area contributed by atoms with Crippen LogP contribution in [-0.4, -0.2) is 87.4 Å². The summed E-state index contributed by atoms with van der Waals surface area (Å²) in [5.41, 5.74) is 0. The van der Waals surface area contributed by atoms with Crippen molar-refractivity contribution in [3.63, 3.8) is 0 Å². The van der Waals surface area contributed by atoms with E-state index in [2.05, 4.69) is 38.2 Å². The molecule has 0 aromatic rings. The van der Waals surface area contributed by atoms with Gasteiger partial charge in [-0.05, 0) is 44.9 Å². The molecule has 0 bridgehead atoms. The van der Waals surface area contributed by atoms with E-state index in [-0.39, 0.29) is 38.2 Å². The molecule has 478 valence electrons. The standard InChI is InChI=1S/C72H137NO8/c1-6-8-10-12-14-16-18-20-22-24-26-28-30-32-34-35-37-38-40-42-44-46-48-50-52-54-56-58-60-62-69(74)79-66-68(67-80-72(71(76)77)78-65-64-73(3,4)5)81-70(75)63-61-59-57-55-53-51-49-47-45-43-41-39-36-33-31-29-27-25-23-21-19-17-15-13-11-9-7-2/h19,21,25,27,68,72H,6-18,20,22-24,26,28-67H2,1-5H3/p+1/b21-19-,27-25-. The fraction of sp³-hybridized carbons (Fsp3) is 0.903. The molecule has 0 spiro atoms. The molecule has 2 unspecified atom stereocenters. The summed E-state index contributed by atoms with van der Waals surface area (Å²) in [7, 11) is 5.99. The summed E-state index contributed by atoms with van der Waals surface area (Å²) in [6, 6.07) is 0. The van der Waals surface area contributed by atoms with Crippen molar-refractivity contribution >= 4 is 17.9 Å².